The van der Waals surface area contributed by atoms with Crippen molar-refractivity contribution in [2.45, 2.75) is 40.3 Å². The van der Waals surface area contributed by atoms with Crippen LogP contribution in [0.1, 0.15) is 30.5 Å². The van der Waals surface area contributed by atoms with E-state index in [1.807, 2.05) is 11.8 Å². The van der Waals surface area contributed by atoms with Crippen LogP contribution in [0.15, 0.2) is 18.2 Å². The Morgan fingerprint density at radius 2 is 2.06 bits per heavy atom. The van der Waals surface area contributed by atoms with E-state index in [0.717, 1.165) is 6.54 Å². The van der Waals surface area contributed by atoms with E-state index >= 15 is 0 Å². The highest BCUT2D eigenvalue weighted by Crippen LogP contribution is 2.12. The number of aryl methyl sites for hydroxylation is 1. The summed E-state index contributed by atoms with van der Waals surface area (Å²) in [5.41, 5.74) is 4.23. The van der Waals surface area contributed by atoms with Gasteiger partial charge in [-0.15, -0.1) is 0 Å². The number of nitrogens with one attached hydrogen (secondary N) is 1. The van der Waals surface area contributed by atoms with E-state index in [2.05, 4.69) is 51.2 Å². The quantitative estimate of drug-likeness (QED) is 0.812. The van der Waals surface area contributed by atoms with E-state index in [0.29, 0.717) is 6.04 Å². The highest BCUT2D eigenvalue weighted by atomic mass is 32.2. The van der Waals surface area contributed by atoms with Gasteiger partial charge in [-0.3, -0.25) is 0 Å². The van der Waals surface area contributed by atoms with E-state index < -0.39 is 0 Å². The molecule has 0 saturated heterocycles. The van der Waals surface area contributed by atoms with Gasteiger partial charge in [0.15, 0.2) is 0 Å². The Bertz CT molecular complexity index is 323. The van der Waals surface area contributed by atoms with Crippen LogP contribution in [0.5, 0.6) is 0 Å². The van der Waals surface area contributed by atoms with E-state index in [9.17, 15) is 0 Å². The molecule has 1 nitrogen and oxygen atoms in total. The first-order chi connectivity index (χ1) is 7.65. The SMILES string of the molecule is CCSCC(C)NCc1cccc(C)c1C. The average molecular weight is 237 g/mol. The van der Waals surface area contributed by atoms with Crippen LogP contribution in [0, 0.1) is 13.8 Å². The van der Waals surface area contributed by atoms with Crippen molar-refractivity contribution in [3.8, 4) is 0 Å². The van der Waals surface area contributed by atoms with Gasteiger partial charge in [0.25, 0.3) is 0 Å². The van der Waals surface area contributed by atoms with Crippen molar-refractivity contribution in [3.63, 3.8) is 0 Å². The van der Waals surface area contributed by atoms with Gasteiger partial charge in [0.2, 0.25) is 0 Å². The van der Waals surface area contributed by atoms with Crippen molar-refractivity contribution in [2.24, 2.45) is 0 Å². The summed E-state index contributed by atoms with van der Waals surface area (Å²) >= 11 is 2.00. The Balaban J connectivity index is 2.45. The van der Waals surface area contributed by atoms with Gasteiger partial charge in [-0.2, -0.15) is 11.8 Å². The first-order valence-electron chi connectivity index (χ1n) is 6.01. The minimum absolute atomic E-state index is 0.588. The molecule has 0 aromatic heterocycles. The molecule has 1 atom stereocenters. The third-order valence-corrected chi connectivity index (χ3v) is 4.07. The fourth-order valence-corrected chi connectivity index (χ4v) is 2.35. The average Bonchev–Trinajstić information content (AvgIpc) is 2.28. The molecule has 0 aliphatic rings. The van der Waals surface area contributed by atoms with Gasteiger partial charge in [0, 0.05) is 18.3 Å². The fourth-order valence-electron chi connectivity index (χ4n) is 1.64. The minimum Gasteiger partial charge on any atom is -0.309 e. The Kier molecular flexibility index (Phi) is 5.93. The summed E-state index contributed by atoms with van der Waals surface area (Å²) < 4.78 is 0. The monoisotopic (exact) mass is 237 g/mol. The van der Waals surface area contributed by atoms with E-state index in [4.69, 9.17) is 0 Å². The van der Waals surface area contributed by atoms with Crippen LogP contribution < -0.4 is 5.32 Å². The molecule has 0 aliphatic carbocycles. The molecular formula is C14H23NS. The lowest BCUT2D eigenvalue weighted by molar-refractivity contribution is 0.594. The second kappa shape index (κ2) is 6.97. The van der Waals surface area contributed by atoms with E-state index in [-0.39, 0.29) is 0 Å². The summed E-state index contributed by atoms with van der Waals surface area (Å²) in [5, 5.41) is 3.58. The van der Waals surface area contributed by atoms with Crippen molar-refractivity contribution in [2.75, 3.05) is 11.5 Å². The number of thioether (sulfide) groups is 1. The molecule has 0 fully saturated rings. The van der Waals surface area contributed by atoms with Gasteiger partial charge >= 0.3 is 0 Å². The lowest BCUT2D eigenvalue weighted by atomic mass is 10.0. The van der Waals surface area contributed by atoms with Crippen LogP contribution in [0.4, 0.5) is 0 Å². The molecule has 16 heavy (non-hydrogen) atoms. The van der Waals surface area contributed by atoms with Gasteiger partial charge in [-0.25, -0.2) is 0 Å². The van der Waals surface area contributed by atoms with Crippen molar-refractivity contribution in [1.82, 2.24) is 5.32 Å². The van der Waals surface area contributed by atoms with Gasteiger partial charge in [0.1, 0.15) is 0 Å². The van der Waals surface area contributed by atoms with Crippen LogP contribution in [0.25, 0.3) is 0 Å². The molecule has 0 aliphatic heterocycles. The van der Waals surface area contributed by atoms with E-state index in [1.54, 1.807) is 0 Å². The number of hydrogen-bond donors (Lipinski definition) is 1. The number of benzene rings is 1. The molecule has 0 radical (unpaired) electrons. The molecule has 0 bridgehead atoms. The second-order valence-electron chi connectivity index (χ2n) is 4.30. The molecule has 0 heterocycles. The number of hydrogen-bond acceptors (Lipinski definition) is 2. The summed E-state index contributed by atoms with van der Waals surface area (Å²) in [4.78, 5) is 0. The first kappa shape index (κ1) is 13.6. The van der Waals surface area contributed by atoms with E-state index in [1.165, 1.54) is 28.2 Å². The highest BCUT2D eigenvalue weighted by Gasteiger charge is 2.03. The normalized spacial score (nSPS) is 12.8. The lowest BCUT2D eigenvalue weighted by Crippen LogP contribution is -2.28. The van der Waals surface area contributed by atoms with Gasteiger partial charge in [-0.05, 0) is 43.2 Å². The van der Waals surface area contributed by atoms with Gasteiger partial charge in [-0.1, -0.05) is 25.1 Å². The van der Waals surface area contributed by atoms with Crippen molar-refractivity contribution >= 4 is 11.8 Å². The fraction of sp³-hybridized carbons (Fsp3) is 0.571. The number of rotatable bonds is 6. The molecule has 0 spiro atoms. The summed E-state index contributed by atoms with van der Waals surface area (Å²) in [7, 11) is 0. The topological polar surface area (TPSA) is 12.0 Å². The molecule has 1 N–H and O–H groups in total. The molecule has 1 rings (SSSR count). The Morgan fingerprint density at radius 3 is 2.75 bits per heavy atom. The van der Waals surface area contributed by atoms with Crippen molar-refractivity contribution < 1.29 is 0 Å². The van der Waals surface area contributed by atoms with Crippen LogP contribution >= 0.6 is 11.8 Å². The lowest BCUT2D eigenvalue weighted by Gasteiger charge is -2.15. The molecule has 90 valence electrons. The molecule has 1 aromatic carbocycles. The molecule has 1 unspecified atom stereocenters. The predicted molar refractivity (Wildman–Crippen MR) is 75.2 cm³/mol. The zero-order chi connectivity index (χ0) is 12.0. The predicted octanol–water partition coefficient (Wildman–Crippen LogP) is 3.53. The van der Waals surface area contributed by atoms with Gasteiger partial charge in [0.05, 0.1) is 0 Å². The Hall–Kier alpha value is -0.470. The standard InChI is InChI=1S/C14H23NS/c1-5-16-10-12(3)15-9-14-8-6-7-11(2)13(14)4/h6-8,12,15H,5,9-10H2,1-4H3. The summed E-state index contributed by atoms with van der Waals surface area (Å²) in [6.45, 7) is 9.84. The largest absolute Gasteiger partial charge is 0.309 e. The maximum Gasteiger partial charge on any atom is 0.0211 e. The zero-order valence-corrected chi connectivity index (χ0v) is 11.7. The van der Waals surface area contributed by atoms with Crippen molar-refractivity contribution in [1.29, 1.82) is 0 Å². The second-order valence-corrected chi connectivity index (χ2v) is 5.62. The molecule has 2 heteroatoms. The maximum absolute atomic E-state index is 3.58. The first-order valence-corrected chi connectivity index (χ1v) is 7.16. The summed E-state index contributed by atoms with van der Waals surface area (Å²) in [6.07, 6.45) is 0. The Morgan fingerprint density at radius 1 is 1.31 bits per heavy atom. The van der Waals surface area contributed by atoms with Crippen LogP contribution in [-0.4, -0.2) is 17.5 Å². The van der Waals surface area contributed by atoms with Crippen LogP contribution in [0.2, 0.25) is 0 Å². The maximum atomic E-state index is 3.58. The van der Waals surface area contributed by atoms with Gasteiger partial charge < -0.3 is 5.32 Å². The van der Waals surface area contributed by atoms with Crippen LogP contribution in [0.3, 0.4) is 0 Å². The third-order valence-electron chi connectivity index (χ3n) is 2.93. The van der Waals surface area contributed by atoms with Crippen LogP contribution in [-0.2, 0) is 6.54 Å². The van der Waals surface area contributed by atoms with Crippen molar-refractivity contribution in [3.05, 3.63) is 34.9 Å². The molecule has 0 amide bonds. The molecule has 1 aromatic rings. The zero-order valence-electron chi connectivity index (χ0n) is 10.8. The highest BCUT2D eigenvalue weighted by molar-refractivity contribution is 7.99. The third kappa shape index (κ3) is 4.18. The minimum atomic E-state index is 0.588. The summed E-state index contributed by atoms with van der Waals surface area (Å²) in [5.74, 6) is 2.40. The Labute approximate surface area is 104 Å². The summed E-state index contributed by atoms with van der Waals surface area (Å²) in [6, 6.07) is 7.12. The molecule has 0 saturated carbocycles. The molecular weight excluding hydrogens is 214 g/mol. The smallest absolute Gasteiger partial charge is 0.0211 e.